The third kappa shape index (κ3) is 1.67. The van der Waals surface area contributed by atoms with E-state index in [4.69, 9.17) is 6.57 Å². The molecule has 4 fully saturated rings. The number of ketones is 1. The Morgan fingerprint density at radius 1 is 1.12 bits per heavy atom. The van der Waals surface area contributed by atoms with Gasteiger partial charge in [0.2, 0.25) is 5.78 Å². The van der Waals surface area contributed by atoms with Crippen LogP contribution in [0.1, 0.15) is 44.9 Å². The highest BCUT2D eigenvalue weighted by atomic mass is 16.1. The molecule has 0 N–H and O–H groups in total. The van der Waals surface area contributed by atoms with Crippen molar-refractivity contribution in [3.05, 3.63) is 11.4 Å². The van der Waals surface area contributed by atoms with Crippen molar-refractivity contribution in [1.82, 2.24) is 0 Å². The number of nitrogens with zero attached hydrogens (tertiary/aromatic N) is 1. The molecule has 0 aromatic heterocycles. The van der Waals surface area contributed by atoms with E-state index in [1.807, 2.05) is 0 Å². The second-order valence-electron chi connectivity index (χ2n) is 6.45. The van der Waals surface area contributed by atoms with E-state index in [-0.39, 0.29) is 12.3 Å². The molecule has 2 heteroatoms. The van der Waals surface area contributed by atoms with Gasteiger partial charge in [-0.1, -0.05) is 0 Å². The molecule has 0 heterocycles. The van der Waals surface area contributed by atoms with Crippen LogP contribution in [0.3, 0.4) is 0 Å². The monoisotopic (exact) mass is 217 g/mol. The highest BCUT2D eigenvalue weighted by molar-refractivity contribution is 5.82. The summed E-state index contributed by atoms with van der Waals surface area (Å²) < 4.78 is 0. The fourth-order valence-corrected chi connectivity index (χ4v) is 5.07. The van der Waals surface area contributed by atoms with E-state index in [1.54, 1.807) is 0 Å². The van der Waals surface area contributed by atoms with Gasteiger partial charge in [0.1, 0.15) is 0 Å². The first-order valence-corrected chi connectivity index (χ1v) is 6.54. The van der Waals surface area contributed by atoms with E-state index in [9.17, 15) is 4.79 Å². The molecule has 0 saturated heterocycles. The average Bonchev–Trinajstić information content (AvgIpc) is 2.13. The van der Waals surface area contributed by atoms with E-state index < -0.39 is 0 Å². The summed E-state index contributed by atoms with van der Waals surface area (Å²) in [5.41, 5.74) is 0.330. The topological polar surface area (TPSA) is 21.4 Å². The fourth-order valence-electron chi connectivity index (χ4n) is 5.07. The molecule has 0 aromatic rings. The van der Waals surface area contributed by atoms with Crippen LogP contribution in [0.25, 0.3) is 4.85 Å². The molecule has 0 radical (unpaired) electrons. The molecule has 0 aliphatic heterocycles. The molecule has 0 aromatic carbocycles. The Balaban J connectivity index is 1.74. The molecule has 4 aliphatic rings. The largest absolute Gasteiger partial charge is 0.309 e. The van der Waals surface area contributed by atoms with Crippen LogP contribution in [0.2, 0.25) is 0 Å². The molecule has 86 valence electrons. The van der Waals surface area contributed by atoms with E-state index >= 15 is 0 Å². The molecule has 4 saturated carbocycles. The Morgan fingerprint density at radius 3 is 2.06 bits per heavy atom. The molecular formula is C14H19NO. The summed E-state index contributed by atoms with van der Waals surface area (Å²) in [6, 6.07) is 0. The Kier molecular flexibility index (Phi) is 2.31. The van der Waals surface area contributed by atoms with Gasteiger partial charge in [-0.2, -0.15) is 0 Å². The molecule has 16 heavy (non-hydrogen) atoms. The van der Waals surface area contributed by atoms with Crippen LogP contribution in [0.4, 0.5) is 0 Å². The van der Waals surface area contributed by atoms with E-state index in [1.165, 1.54) is 38.5 Å². The van der Waals surface area contributed by atoms with Crippen LogP contribution in [-0.4, -0.2) is 12.3 Å². The molecule has 4 aliphatic carbocycles. The molecule has 0 atom stereocenters. The van der Waals surface area contributed by atoms with Gasteiger partial charge in [-0.25, -0.2) is 6.57 Å². The SMILES string of the molecule is [C-]#[N+]CC(=O)CC12CC3CC(CC(C3)C1)C2. The zero-order valence-corrected chi connectivity index (χ0v) is 9.74. The average molecular weight is 217 g/mol. The fraction of sp³-hybridized carbons (Fsp3) is 0.857. The maximum atomic E-state index is 11.7. The van der Waals surface area contributed by atoms with Crippen LogP contribution in [0.15, 0.2) is 0 Å². The van der Waals surface area contributed by atoms with Gasteiger partial charge >= 0.3 is 0 Å². The summed E-state index contributed by atoms with van der Waals surface area (Å²) in [4.78, 5) is 14.9. The minimum atomic E-state index is 0.113. The molecule has 0 unspecified atom stereocenters. The lowest BCUT2D eigenvalue weighted by atomic mass is 9.48. The van der Waals surface area contributed by atoms with E-state index in [2.05, 4.69) is 4.85 Å². The van der Waals surface area contributed by atoms with Crippen LogP contribution in [0, 0.1) is 29.7 Å². The van der Waals surface area contributed by atoms with Gasteiger partial charge in [-0.15, -0.1) is 0 Å². The summed E-state index contributed by atoms with van der Waals surface area (Å²) in [5.74, 6) is 2.92. The highest BCUT2D eigenvalue weighted by Gasteiger charge is 2.51. The minimum absolute atomic E-state index is 0.113. The molecule has 0 spiro atoms. The second kappa shape index (κ2) is 3.58. The van der Waals surface area contributed by atoms with Crippen LogP contribution < -0.4 is 0 Å². The van der Waals surface area contributed by atoms with E-state index in [0.29, 0.717) is 11.8 Å². The number of hydrogen-bond acceptors (Lipinski definition) is 1. The first kappa shape index (κ1) is 10.3. The minimum Gasteiger partial charge on any atom is -0.309 e. The lowest BCUT2D eigenvalue weighted by Gasteiger charge is -2.56. The number of rotatable bonds is 3. The van der Waals surface area contributed by atoms with Gasteiger partial charge in [-0.05, 0) is 61.7 Å². The third-order valence-corrected chi connectivity index (χ3v) is 4.99. The maximum Gasteiger partial charge on any atom is 0.272 e. The molecule has 4 bridgehead atoms. The number of carbonyl (C=O) groups excluding carboxylic acids is 1. The number of hydrogen-bond donors (Lipinski definition) is 0. The predicted octanol–water partition coefficient (Wildman–Crippen LogP) is 3.08. The van der Waals surface area contributed by atoms with Gasteiger partial charge in [0.05, 0.1) is 0 Å². The predicted molar refractivity (Wildman–Crippen MR) is 61.7 cm³/mol. The number of carbonyl (C=O) groups is 1. The zero-order valence-electron chi connectivity index (χ0n) is 9.74. The van der Waals surface area contributed by atoms with Crippen molar-refractivity contribution in [3.8, 4) is 0 Å². The third-order valence-electron chi connectivity index (χ3n) is 4.99. The van der Waals surface area contributed by atoms with Gasteiger partial charge < -0.3 is 4.85 Å². The summed E-state index contributed by atoms with van der Waals surface area (Å²) in [6.07, 6.45) is 8.83. The van der Waals surface area contributed by atoms with Crippen molar-refractivity contribution in [1.29, 1.82) is 0 Å². The first-order chi connectivity index (χ1) is 7.69. The second-order valence-corrected chi connectivity index (χ2v) is 6.45. The van der Waals surface area contributed by atoms with Crippen molar-refractivity contribution in [3.63, 3.8) is 0 Å². The van der Waals surface area contributed by atoms with Gasteiger partial charge in [0.25, 0.3) is 6.54 Å². The van der Waals surface area contributed by atoms with Crippen LogP contribution in [0.5, 0.6) is 0 Å². The van der Waals surface area contributed by atoms with Crippen molar-refractivity contribution >= 4 is 5.78 Å². The van der Waals surface area contributed by atoms with Crippen molar-refractivity contribution in [2.75, 3.05) is 6.54 Å². The standard InChI is InChI=1S/C14H19NO/c1-15-9-13(16)8-14-5-10-2-11(6-14)4-12(3-10)7-14/h10-12H,2-9H2. The summed E-state index contributed by atoms with van der Waals surface area (Å²) in [7, 11) is 0. The van der Waals surface area contributed by atoms with E-state index in [0.717, 1.165) is 17.8 Å². The van der Waals surface area contributed by atoms with Gasteiger partial charge in [0.15, 0.2) is 0 Å². The zero-order chi connectivity index (χ0) is 11.2. The van der Waals surface area contributed by atoms with Gasteiger partial charge in [-0.3, -0.25) is 4.79 Å². The summed E-state index contributed by atoms with van der Waals surface area (Å²) in [5, 5.41) is 0. The quantitative estimate of drug-likeness (QED) is 0.666. The Labute approximate surface area is 97.2 Å². The van der Waals surface area contributed by atoms with Crippen LogP contribution >= 0.6 is 0 Å². The molecule has 0 amide bonds. The first-order valence-electron chi connectivity index (χ1n) is 6.54. The van der Waals surface area contributed by atoms with Crippen LogP contribution in [-0.2, 0) is 4.79 Å². The Morgan fingerprint density at radius 2 is 1.62 bits per heavy atom. The smallest absolute Gasteiger partial charge is 0.272 e. The van der Waals surface area contributed by atoms with Gasteiger partial charge in [0, 0.05) is 6.42 Å². The summed E-state index contributed by atoms with van der Waals surface area (Å²) in [6.45, 7) is 6.89. The Hall–Kier alpha value is -0.840. The molecule has 2 nitrogen and oxygen atoms in total. The van der Waals surface area contributed by atoms with Crippen molar-refractivity contribution < 1.29 is 4.79 Å². The lowest BCUT2D eigenvalue weighted by molar-refractivity contribution is -0.125. The normalized spacial score (nSPS) is 44.3. The molecule has 4 rings (SSSR count). The van der Waals surface area contributed by atoms with Crippen molar-refractivity contribution in [2.24, 2.45) is 23.2 Å². The highest BCUT2D eigenvalue weighted by Crippen LogP contribution is 2.61. The lowest BCUT2D eigenvalue weighted by Crippen LogP contribution is -2.47. The van der Waals surface area contributed by atoms with Crippen molar-refractivity contribution in [2.45, 2.75) is 44.9 Å². The number of Topliss-reactive ketones (excluding diaryl/α,β-unsaturated/α-hetero) is 1. The summed E-state index contributed by atoms with van der Waals surface area (Å²) >= 11 is 0. The molecular weight excluding hydrogens is 198 g/mol. The maximum absolute atomic E-state index is 11.7. The Bertz CT molecular complexity index is 317.